The minimum atomic E-state index is -0.443. The molecular formula is C9H9N5O2. The first-order valence-corrected chi connectivity index (χ1v) is 4.52. The SMILES string of the molecule is Cn1cnnc1Nc1cccc([N+](=O)[O-])c1. The maximum absolute atomic E-state index is 10.6. The number of non-ortho nitro benzene ring substituents is 1. The number of rotatable bonds is 3. The molecule has 0 fully saturated rings. The minimum absolute atomic E-state index is 0.0344. The molecule has 0 aliphatic heterocycles. The Balaban J connectivity index is 2.25. The molecule has 0 amide bonds. The molecule has 0 saturated carbocycles. The standard InChI is InChI=1S/C9H9N5O2/c1-13-6-10-12-9(13)11-7-3-2-4-8(5-7)14(15)16/h2-6H,1H3,(H,11,12). The lowest BCUT2D eigenvalue weighted by atomic mass is 10.3. The highest BCUT2D eigenvalue weighted by molar-refractivity contribution is 5.57. The normalized spacial score (nSPS) is 10.1. The van der Waals surface area contributed by atoms with E-state index in [1.54, 1.807) is 30.1 Å². The Morgan fingerprint density at radius 2 is 2.31 bits per heavy atom. The zero-order valence-corrected chi connectivity index (χ0v) is 8.49. The van der Waals surface area contributed by atoms with Crippen molar-refractivity contribution in [1.82, 2.24) is 14.8 Å². The molecule has 0 radical (unpaired) electrons. The molecule has 16 heavy (non-hydrogen) atoms. The van der Waals surface area contributed by atoms with Gasteiger partial charge in [-0.05, 0) is 6.07 Å². The number of aryl methyl sites for hydroxylation is 1. The quantitative estimate of drug-likeness (QED) is 0.624. The van der Waals surface area contributed by atoms with E-state index in [4.69, 9.17) is 0 Å². The van der Waals surface area contributed by atoms with Crippen molar-refractivity contribution in [1.29, 1.82) is 0 Å². The number of nitro benzene ring substituents is 1. The van der Waals surface area contributed by atoms with Gasteiger partial charge in [-0.25, -0.2) is 0 Å². The molecule has 0 bridgehead atoms. The summed E-state index contributed by atoms with van der Waals surface area (Å²) in [5.74, 6) is 0.528. The summed E-state index contributed by atoms with van der Waals surface area (Å²) in [4.78, 5) is 10.1. The van der Waals surface area contributed by atoms with Crippen LogP contribution in [0.4, 0.5) is 17.3 Å². The van der Waals surface area contributed by atoms with Crippen LogP contribution in [0.15, 0.2) is 30.6 Å². The summed E-state index contributed by atoms with van der Waals surface area (Å²) in [6, 6.07) is 6.20. The summed E-state index contributed by atoms with van der Waals surface area (Å²) in [5.41, 5.74) is 0.637. The van der Waals surface area contributed by atoms with E-state index < -0.39 is 4.92 Å². The molecule has 0 aliphatic carbocycles. The van der Waals surface area contributed by atoms with Crippen LogP contribution >= 0.6 is 0 Å². The molecule has 7 heteroatoms. The molecule has 1 N–H and O–H groups in total. The average molecular weight is 219 g/mol. The lowest BCUT2D eigenvalue weighted by molar-refractivity contribution is -0.384. The van der Waals surface area contributed by atoms with Crippen molar-refractivity contribution in [3.8, 4) is 0 Å². The number of anilines is 2. The van der Waals surface area contributed by atoms with E-state index >= 15 is 0 Å². The zero-order chi connectivity index (χ0) is 11.5. The van der Waals surface area contributed by atoms with Crippen LogP contribution in [0.3, 0.4) is 0 Å². The highest BCUT2D eigenvalue weighted by atomic mass is 16.6. The third kappa shape index (κ3) is 1.97. The van der Waals surface area contributed by atoms with Gasteiger partial charge in [-0.3, -0.25) is 10.1 Å². The van der Waals surface area contributed by atoms with E-state index in [9.17, 15) is 10.1 Å². The summed E-state index contributed by atoms with van der Waals surface area (Å²) in [5, 5.41) is 21.0. The summed E-state index contributed by atoms with van der Waals surface area (Å²) >= 11 is 0. The second-order valence-electron chi connectivity index (χ2n) is 3.20. The maximum atomic E-state index is 10.6. The van der Waals surface area contributed by atoms with Gasteiger partial charge < -0.3 is 9.88 Å². The van der Waals surface area contributed by atoms with E-state index in [0.29, 0.717) is 11.6 Å². The Kier molecular flexibility index (Phi) is 2.50. The Bertz CT molecular complexity index is 522. The van der Waals surface area contributed by atoms with Crippen molar-refractivity contribution in [2.45, 2.75) is 0 Å². The first-order valence-electron chi connectivity index (χ1n) is 4.52. The van der Waals surface area contributed by atoms with Crippen molar-refractivity contribution in [3.05, 3.63) is 40.7 Å². The van der Waals surface area contributed by atoms with Gasteiger partial charge in [0.15, 0.2) is 0 Å². The van der Waals surface area contributed by atoms with Crippen LogP contribution in [0, 0.1) is 10.1 Å². The maximum Gasteiger partial charge on any atom is 0.271 e. The number of aromatic nitrogens is 3. The van der Waals surface area contributed by atoms with E-state index in [0.717, 1.165) is 0 Å². The highest BCUT2D eigenvalue weighted by Gasteiger charge is 2.07. The smallest absolute Gasteiger partial charge is 0.271 e. The summed E-state index contributed by atoms with van der Waals surface area (Å²) < 4.78 is 1.68. The van der Waals surface area contributed by atoms with Crippen LogP contribution in [0.25, 0.3) is 0 Å². The molecule has 2 rings (SSSR count). The fraction of sp³-hybridized carbons (Fsp3) is 0.111. The Hall–Kier alpha value is -2.44. The molecule has 7 nitrogen and oxygen atoms in total. The lowest BCUT2D eigenvalue weighted by Crippen LogP contribution is -1.99. The second-order valence-corrected chi connectivity index (χ2v) is 3.20. The molecule has 82 valence electrons. The Morgan fingerprint density at radius 1 is 1.50 bits per heavy atom. The van der Waals surface area contributed by atoms with Gasteiger partial charge in [-0.15, -0.1) is 10.2 Å². The number of nitro groups is 1. The van der Waals surface area contributed by atoms with Crippen molar-refractivity contribution in [3.63, 3.8) is 0 Å². The molecule has 1 heterocycles. The van der Waals surface area contributed by atoms with Gasteiger partial charge in [0.25, 0.3) is 5.69 Å². The largest absolute Gasteiger partial charge is 0.324 e. The minimum Gasteiger partial charge on any atom is -0.324 e. The molecule has 1 aromatic heterocycles. The molecule has 0 aliphatic rings. The molecule has 0 unspecified atom stereocenters. The summed E-state index contributed by atoms with van der Waals surface area (Å²) in [6.45, 7) is 0. The number of nitrogens with one attached hydrogen (secondary N) is 1. The number of nitrogens with zero attached hydrogens (tertiary/aromatic N) is 4. The van der Waals surface area contributed by atoms with Gasteiger partial charge in [-0.2, -0.15) is 0 Å². The first kappa shape index (κ1) is 10.1. The van der Waals surface area contributed by atoms with Gasteiger partial charge >= 0.3 is 0 Å². The summed E-state index contributed by atoms with van der Waals surface area (Å²) in [7, 11) is 1.78. The second kappa shape index (κ2) is 3.97. The molecule has 0 saturated heterocycles. The molecular weight excluding hydrogens is 210 g/mol. The molecule has 2 aromatic rings. The Labute approximate surface area is 90.9 Å². The monoisotopic (exact) mass is 219 g/mol. The Morgan fingerprint density at radius 3 is 2.94 bits per heavy atom. The zero-order valence-electron chi connectivity index (χ0n) is 8.49. The lowest BCUT2D eigenvalue weighted by Gasteiger charge is -2.03. The van der Waals surface area contributed by atoms with Gasteiger partial charge in [0.2, 0.25) is 5.95 Å². The van der Waals surface area contributed by atoms with Crippen molar-refractivity contribution < 1.29 is 4.92 Å². The van der Waals surface area contributed by atoms with Crippen LogP contribution in [-0.2, 0) is 7.05 Å². The highest BCUT2D eigenvalue weighted by Crippen LogP contribution is 2.19. The van der Waals surface area contributed by atoms with Crippen LogP contribution in [-0.4, -0.2) is 19.7 Å². The third-order valence-electron chi connectivity index (χ3n) is 2.02. The summed E-state index contributed by atoms with van der Waals surface area (Å²) in [6.07, 6.45) is 1.54. The van der Waals surface area contributed by atoms with Gasteiger partial charge in [0.1, 0.15) is 6.33 Å². The van der Waals surface area contributed by atoms with E-state index in [-0.39, 0.29) is 5.69 Å². The van der Waals surface area contributed by atoms with Crippen LogP contribution < -0.4 is 5.32 Å². The van der Waals surface area contributed by atoms with Crippen molar-refractivity contribution in [2.24, 2.45) is 7.05 Å². The van der Waals surface area contributed by atoms with Crippen LogP contribution in [0.1, 0.15) is 0 Å². The third-order valence-corrected chi connectivity index (χ3v) is 2.02. The fourth-order valence-electron chi connectivity index (χ4n) is 1.22. The molecule has 0 spiro atoms. The van der Waals surface area contributed by atoms with Crippen molar-refractivity contribution in [2.75, 3.05) is 5.32 Å². The van der Waals surface area contributed by atoms with Gasteiger partial charge in [0.05, 0.1) is 4.92 Å². The van der Waals surface area contributed by atoms with Crippen LogP contribution in [0.2, 0.25) is 0 Å². The topological polar surface area (TPSA) is 85.9 Å². The number of benzene rings is 1. The van der Waals surface area contributed by atoms with Crippen LogP contribution in [0.5, 0.6) is 0 Å². The molecule has 1 aromatic carbocycles. The predicted molar refractivity (Wildman–Crippen MR) is 57.4 cm³/mol. The van der Waals surface area contributed by atoms with Gasteiger partial charge in [-0.1, -0.05) is 6.07 Å². The van der Waals surface area contributed by atoms with E-state index in [1.807, 2.05) is 0 Å². The first-order chi connectivity index (χ1) is 7.66. The number of hydrogen-bond donors (Lipinski definition) is 1. The van der Waals surface area contributed by atoms with E-state index in [1.165, 1.54) is 12.1 Å². The van der Waals surface area contributed by atoms with Gasteiger partial charge in [0, 0.05) is 24.9 Å². The predicted octanol–water partition coefficient (Wildman–Crippen LogP) is 1.47. The fourth-order valence-corrected chi connectivity index (χ4v) is 1.22. The average Bonchev–Trinajstić information content (AvgIpc) is 2.65. The number of hydrogen-bond acceptors (Lipinski definition) is 5. The molecule has 0 atom stereocenters. The van der Waals surface area contributed by atoms with E-state index in [2.05, 4.69) is 15.5 Å². The van der Waals surface area contributed by atoms with Crippen molar-refractivity contribution >= 4 is 17.3 Å².